The van der Waals surface area contributed by atoms with Gasteiger partial charge in [0, 0.05) is 4.47 Å². The van der Waals surface area contributed by atoms with Gasteiger partial charge in [0.05, 0.1) is 17.7 Å². The standard InChI is InChI=1S/C11H10BrNO3S/c12-9-3-1-5-11(7-9)17(14,15)13-8-10-4-2-6-16-10/h1-7,13H,8H2. The molecule has 1 heterocycles. The van der Waals surface area contributed by atoms with Gasteiger partial charge in [0.2, 0.25) is 10.0 Å². The van der Waals surface area contributed by atoms with Crippen LogP contribution >= 0.6 is 15.9 Å². The van der Waals surface area contributed by atoms with Crippen LogP contribution in [0.3, 0.4) is 0 Å². The van der Waals surface area contributed by atoms with Crippen molar-refractivity contribution >= 4 is 26.0 Å². The molecule has 0 aliphatic rings. The third-order valence-electron chi connectivity index (χ3n) is 2.12. The Balaban J connectivity index is 2.14. The highest BCUT2D eigenvalue weighted by atomic mass is 79.9. The zero-order valence-corrected chi connectivity index (χ0v) is 11.2. The number of sulfonamides is 1. The summed E-state index contributed by atoms with van der Waals surface area (Å²) < 4.78 is 32.0. The van der Waals surface area contributed by atoms with E-state index in [0.29, 0.717) is 5.76 Å². The SMILES string of the molecule is O=S(=O)(NCc1ccco1)c1cccc(Br)c1. The fourth-order valence-electron chi connectivity index (χ4n) is 1.30. The first-order valence-electron chi connectivity index (χ1n) is 4.85. The molecule has 0 bridgehead atoms. The summed E-state index contributed by atoms with van der Waals surface area (Å²) >= 11 is 3.23. The van der Waals surface area contributed by atoms with Gasteiger partial charge in [0.15, 0.2) is 0 Å². The largest absolute Gasteiger partial charge is 0.468 e. The van der Waals surface area contributed by atoms with Crippen LogP contribution < -0.4 is 4.72 Å². The smallest absolute Gasteiger partial charge is 0.241 e. The predicted molar refractivity (Wildman–Crippen MR) is 66.9 cm³/mol. The van der Waals surface area contributed by atoms with E-state index >= 15 is 0 Å². The van der Waals surface area contributed by atoms with Gasteiger partial charge in [-0.2, -0.15) is 0 Å². The number of benzene rings is 1. The normalized spacial score (nSPS) is 11.6. The van der Waals surface area contributed by atoms with E-state index in [1.807, 2.05) is 0 Å². The summed E-state index contributed by atoms with van der Waals surface area (Å²) in [7, 11) is -3.50. The van der Waals surface area contributed by atoms with E-state index in [1.165, 1.54) is 12.3 Å². The molecule has 0 saturated carbocycles. The summed E-state index contributed by atoms with van der Waals surface area (Å²) in [5.74, 6) is 0.573. The maximum Gasteiger partial charge on any atom is 0.241 e. The molecule has 0 amide bonds. The van der Waals surface area contributed by atoms with E-state index < -0.39 is 10.0 Å². The number of rotatable bonds is 4. The maximum atomic E-state index is 11.9. The molecule has 0 aliphatic heterocycles. The molecule has 0 fully saturated rings. The Bertz CT molecular complexity index is 593. The molecule has 2 rings (SSSR count). The summed E-state index contributed by atoms with van der Waals surface area (Å²) in [4.78, 5) is 0.221. The molecule has 0 aliphatic carbocycles. The highest BCUT2D eigenvalue weighted by molar-refractivity contribution is 9.10. The zero-order valence-electron chi connectivity index (χ0n) is 8.76. The van der Waals surface area contributed by atoms with Crippen molar-refractivity contribution in [3.05, 3.63) is 52.9 Å². The monoisotopic (exact) mass is 315 g/mol. The topological polar surface area (TPSA) is 59.3 Å². The zero-order chi connectivity index (χ0) is 12.3. The van der Waals surface area contributed by atoms with Gasteiger partial charge in [-0.25, -0.2) is 13.1 Å². The average molecular weight is 316 g/mol. The summed E-state index contributed by atoms with van der Waals surface area (Å²) in [6, 6.07) is 9.95. The lowest BCUT2D eigenvalue weighted by Gasteiger charge is -2.05. The number of nitrogens with one attached hydrogen (secondary N) is 1. The minimum atomic E-state index is -3.50. The lowest BCUT2D eigenvalue weighted by molar-refractivity contribution is 0.498. The minimum Gasteiger partial charge on any atom is -0.468 e. The van der Waals surface area contributed by atoms with Gasteiger partial charge in [-0.15, -0.1) is 0 Å². The van der Waals surface area contributed by atoms with Crippen LogP contribution in [0.1, 0.15) is 5.76 Å². The highest BCUT2D eigenvalue weighted by Gasteiger charge is 2.14. The van der Waals surface area contributed by atoms with Gasteiger partial charge in [0.25, 0.3) is 0 Å². The van der Waals surface area contributed by atoms with Gasteiger partial charge < -0.3 is 4.42 Å². The molecule has 6 heteroatoms. The van der Waals surface area contributed by atoms with Crippen molar-refractivity contribution in [1.82, 2.24) is 4.72 Å². The first kappa shape index (κ1) is 12.3. The number of furan rings is 1. The van der Waals surface area contributed by atoms with Crippen molar-refractivity contribution in [3.8, 4) is 0 Å². The predicted octanol–water partition coefficient (Wildman–Crippen LogP) is 2.52. The number of hydrogen-bond acceptors (Lipinski definition) is 3. The Morgan fingerprint density at radius 2 is 2.06 bits per heavy atom. The van der Waals surface area contributed by atoms with Crippen LogP contribution in [0.25, 0.3) is 0 Å². The Morgan fingerprint density at radius 1 is 1.24 bits per heavy atom. The van der Waals surface area contributed by atoms with Crippen LogP contribution in [-0.4, -0.2) is 8.42 Å². The van der Waals surface area contributed by atoms with Crippen molar-refractivity contribution < 1.29 is 12.8 Å². The quantitative estimate of drug-likeness (QED) is 0.943. The minimum absolute atomic E-state index is 0.141. The van der Waals surface area contributed by atoms with Crippen molar-refractivity contribution in [2.45, 2.75) is 11.4 Å². The molecule has 4 nitrogen and oxygen atoms in total. The number of halogens is 1. The van der Waals surface area contributed by atoms with Gasteiger partial charge in [0.1, 0.15) is 5.76 Å². The third-order valence-corrected chi connectivity index (χ3v) is 4.02. The Kier molecular flexibility index (Phi) is 3.66. The van der Waals surface area contributed by atoms with Crippen LogP contribution in [0.5, 0.6) is 0 Å². The third kappa shape index (κ3) is 3.18. The van der Waals surface area contributed by atoms with Crippen molar-refractivity contribution in [3.63, 3.8) is 0 Å². The fourth-order valence-corrected chi connectivity index (χ4v) is 2.89. The summed E-state index contributed by atoms with van der Waals surface area (Å²) in [5, 5.41) is 0. The molecule has 1 N–H and O–H groups in total. The molecule has 1 aromatic heterocycles. The van der Waals surface area contributed by atoms with Gasteiger partial charge >= 0.3 is 0 Å². The Labute approximate surface area is 108 Å². The van der Waals surface area contributed by atoms with Gasteiger partial charge in [-0.3, -0.25) is 0 Å². The molecule has 0 radical (unpaired) electrons. The summed E-state index contributed by atoms with van der Waals surface area (Å²) in [6.07, 6.45) is 1.50. The van der Waals surface area contributed by atoms with Crippen molar-refractivity contribution in [2.24, 2.45) is 0 Å². The maximum absolute atomic E-state index is 11.9. The van der Waals surface area contributed by atoms with Crippen LogP contribution in [0.2, 0.25) is 0 Å². The summed E-state index contributed by atoms with van der Waals surface area (Å²) in [6.45, 7) is 0.141. The first-order chi connectivity index (χ1) is 8.08. The van der Waals surface area contributed by atoms with Gasteiger partial charge in [-0.1, -0.05) is 22.0 Å². The second-order valence-electron chi connectivity index (χ2n) is 3.36. The molecule has 0 atom stereocenters. The van der Waals surface area contributed by atoms with Crippen LogP contribution in [0.15, 0.2) is 56.4 Å². The second-order valence-corrected chi connectivity index (χ2v) is 6.04. The molecular formula is C11H10BrNO3S. The lowest BCUT2D eigenvalue weighted by atomic mass is 10.4. The molecule has 0 saturated heterocycles. The van der Waals surface area contributed by atoms with Crippen molar-refractivity contribution in [2.75, 3.05) is 0 Å². The summed E-state index contributed by atoms with van der Waals surface area (Å²) in [5.41, 5.74) is 0. The molecule has 90 valence electrons. The highest BCUT2D eigenvalue weighted by Crippen LogP contribution is 2.16. The average Bonchev–Trinajstić information content (AvgIpc) is 2.79. The van der Waals surface area contributed by atoms with E-state index in [4.69, 9.17) is 4.42 Å². The van der Waals surface area contributed by atoms with E-state index in [1.54, 1.807) is 30.3 Å². The fraction of sp³-hybridized carbons (Fsp3) is 0.0909. The van der Waals surface area contributed by atoms with Crippen LogP contribution in [0, 0.1) is 0 Å². The molecule has 17 heavy (non-hydrogen) atoms. The molecule has 0 spiro atoms. The molecule has 1 aromatic carbocycles. The van der Waals surface area contributed by atoms with E-state index in [0.717, 1.165) is 4.47 Å². The van der Waals surface area contributed by atoms with E-state index in [2.05, 4.69) is 20.7 Å². The Hall–Kier alpha value is -1.11. The van der Waals surface area contributed by atoms with E-state index in [-0.39, 0.29) is 11.4 Å². The van der Waals surface area contributed by atoms with Gasteiger partial charge in [-0.05, 0) is 30.3 Å². The molecular weight excluding hydrogens is 306 g/mol. The van der Waals surface area contributed by atoms with Crippen LogP contribution in [-0.2, 0) is 16.6 Å². The second kappa shape index (κ2) is 5.03. The molecule has 0 unspecified atom stereocenters. The first-order valence-corrected chi connectivity index (χ1v) is 7.13. The van der Waals surface area contributed by atoms with Crippen LogP contribution in [0.4, 0.5) is 0 Å². The molecule has 2 aromatic rings. The lowest BCUT2D eigenvalue weighted by Crippen LogP contribution is -2.22. The Morgan fingerprint density at radius 3 is 2.71 bits per heavy atom. The van der Waals surface area contributed by atoms with E-state index in [9.17, 15) is 8.42 Å². The number of hydrogen-bond donors (Lipinski definition) is 1. The van der Waals surface area contributed by atoms with Crippen molar-refractivity contribution in [1.29, 1.82) is 0 Å².